The fourth-order valence-corrected chi connectivity index (χ4v) is 3.15. The van der Waals surface area contributed by atoms with Gasteiger partial charge in [-0.15, -0.1) is 5.10 Å². The molecule has 134 valence electrons. The molecule has 2 aromatic heterocycles. The Bertz CT molecular complexity index is 735. The Morgan fingerprint density at radius 1 is 1.32 bits per heavy atom. The van der Waals surface area contributed by atoms with Gasteiger partial charge in [0.15, 0.2) is 0 Å². The van der Waals surface area contributed by atoms with Crippen molar-refractivity contribution in [2.75, 3.05) is 19.7 Å². The van der Waals surface area contributed by atoms with Crippen LogP contribution in [0.5, 0.6) is 0 Å². The largest absolute Gasteiger partial charge is 0.375 e. The lowest BCUT2D eigenvalue weighted by molar-refractivity contribution is -0.131. The van der Waals surface area contributed by atoms with Crippen molar-refractivity contribution < 1.29 is 9.53 Å². The summed E-state index contributed by atoms with van der Waals surface area (Å²) in [5.41, 5.74) is 1.92. The predicted molar refractivity (Wildman–Crippen MR) is 89.6 cm³/mol. The van der Waals surface area contributed by atoms with E-state index < -0.39 is 0 Å². The van der Waals surface area contributed by atoms with Gasteiger partial charge >= 0.3 is 0 Å². The van der Waals surface area contributed by atoms with Crippen LogP contribution in [0, 0.1) is 12.8 Å². The number of amides is 1. The fraction of sp³-hybridized carbons (Fsp3) is 0.647. The Morgan fingerprint density at radius 3 is 2.96 bits per heavy atom. The minimum Gasteiger partial charge on any atom is -0.375 e. The van der Waals surface area contributed by atoms with Crippen molar-refractivity contribution in [1.82, 2.24) is 29.7 Å². The molecule has 0 aromatic carbocycles. The van der Waals surface area contributed by atoms with Crippen molar-refractivity contribution in [2.24, 2.45) is 5.92 Å². The minimum absolute atomic E-state index is 0.0960. The molecule has 2 fully saturated rings. The molecule has 3 heterocycles. The Labute approximate surface area is 146 Å². The van der Waals surface area contributed by atoms with E-state index in [4.69, 9.17) is 4.74 Å². The number of aromatic nitrogens is 5. The third-order valence-corrected chi connectivity index (χ3v) is 4.81. The number of hydrogen-bond acceptors (Lipinski definition) is 5. The monoisotopic (exact) mass is 344 g/mol. The smallest absolute Gasteiger partial charge is 0.244 e. The van der Waals surface area contributed by atoms with Gasteiger partial charge in [-0.1, -0.05) is 5.21 Å². The number of nitrogens with zero attached hydrogens (tertiary/aromatic N) is 6. The lowest BCUT2D eigenvalue weighted by atomic mass is 10.3. The molecule has 1 aliphatic heterocycles. The van der Waals surface area contributed by atoms with Crippen LogP contribution in [0.15, 0.2) is 18.6 Å². The second kappa shape index (κ2) is 6.95. The molecule has 0 bridgehead atoms. The molecule has 25 heavy (non-hydrogen) atoms. The maximum atomic E-state index is 12.4. The number of hydrogen-bond donors (Lipinski definition) is 0. The highest BCUT2D eigenvalue weighted by Crippen LogP contribution is 2.29. The zero-order valence-corrected chi connectivity index (χ0v) is 14.5. The molecular formula is C17H24N6O2. The van der Waals surface area contributed by atoms with Crippen LogP contribution in [0.3, 0.4) is 0 Å². The van der Waals surface area contributed by atoms with Gasteiger partial charge in [0.1, 0.15) is 12.2 Å². The average molecular weight is 344 g/mol. The van der Waals surface area contributed by atoms with Crippen LogP contribution in [-0.2, 0) is 22.7 Å². The minimum atomic E-state index is 0.0960. The summed E-state index contributed by atoms with van der Waals surface area (Å²) >= 11 is 0. The van der Waals surface area contributed by atoms with E-state index in [-0.39, 0.29) is 18.5 Å². The van der Waals surface area contributed by atoms with Gasteiger partial charge in [0.25, 0.3) is 0 Å². The molecule has 0 N–H and O–H groups in total. The first-order valence-electron chi connectivity index (χ1n) is 8.92. The van der Waals surface area contributed by atoms with Crippen LogP contribution in [0.1, 0.15) is 36.6 Å². The zero-order chi connectivity index (χ0) is 17.2. The van der Waals surface area contributed by atoms with Crippen LogP contribution in [0.2, 0.25) is 0 Å². The van der Waals surface area contributed by atoms with Crippen LogP contribution < -0.4 is 0 Å². The summed E-state index contributed by atoms with van der Waals surface area (Å²) in [5.74, 6) is 0.849. The molecule has 0 spiro atoms. The van der Waals surface area contributed by atoms with E-state index in [0.29, 0.717) is 13.2 Å². The lowest BCUT2D eigenvalue weighted by Crippen LogP contribution is -2.32. The first kappa shape index (κ1) is 16.3. The van der Waals surface area contributed by atoms with Crippen molar-refractivity contribution in [3.05, 3.63) is 29.8 Å². The number of rotatable bonds is 7. The second-order valence-corrected chi connectivity index (χ2v) is 7.15. The van der Waals surface area contributed by atoms with Crippen LogP contribution in [0.4, 0.5) is 0 Å². The first-order valence-corrected chi connectivity index (χ1v) is 8.92. The quantitative estimate of drug-likeness (QED) is 0.754. The third-order valence-electron chi connectivity index (χ3n) is 4.81. The Hall–Kier alpha value is -2.22. The van der Waals surface area contributed by atoms with E-state index >= 15 is 0 Å². The predicted octanol–water partition coefficient (Wildman–Crippen LogP) is 1.18. The summed E-state index contributed by atoms with van der Waals surface area (Å²) in [6.45, 7) is 5.02. The van der Waals surface area contributed by atoms with Crippen molar-refractivity contribution in [3.63, 3.8) is 0 Å². The van der Waals surface area contributed by atoms with E-state index in [0.717, 1.165) is 36.7 Å². The van der Waals surface area contributed by atoms with Crippen molar-refractivity contribution >= 4 is 5.91 Å². The standard InChI is InChI=1S/C17H24N6O2/c1-13-6-18-22(7-13)10-17(24)21-5-4-16(9-21)23-8-15(19-20-23)12-25-11-14-2-3-14/h6-8,14,16H,2-5,9-12H2,1H3. The van der Waals surface area contributed by atoms with Crippen molar-refractivity contribution in [3.8, 4) is 0 Å². The summed E-state index contributed by atoms with van der Waals surface area (Å²) < 4.78 is 9.22. The van der Waals surface area contributed by atoms with Crippen LogP contribution in [0.25, 0.3) is 0 Å². The number of likely N-dealkylation sites (tertiary alicyclic amines) is 1. The zero-order valence-electron chi connectivity index (χ0n) is 14.5. The van der Waals surface area contributed by atoms with Crippen molar-refractivity contribution in [1.29, 1.82) is 0 Å². The molecule has 8 nitrogen and oxygen atoms in total. The molecule has 1 amide bonds. The van der Waals surface area contributed by atoms with Gasteiger partial charge in [-0.2, -0.15) is 5.10 Å². The van der Waals surface area contributed by atoms with E-state index in [1.54, 1.807) is 10.9 Å². The molecule has 0 radical (unpaired) electrons. The van der Waals surface area contributed by atoms with Gasteiger partial charge in [0.05, 0.1) is 25.0 Å². The van der Waals surface area contributed by atoms with E-state index in [1.165, 1.54) is 12.8 Å². The molecule has 2 aliphatic rings. The molecule has 2 aromatic rings. The van der Waals surface area contributed by atoms with E-state index in [9.17, 15) is 4.79 Å². The highest BCUT2D eigenvalue weighted by atomic mass is 16.5. The summed E-state index contributed by atoms with van der Waals surface area (Å²) in [6.07, 6.45) is 9.07. The maximum absolute atomic E-state index is 12.4. The highest BCUT2D eigenvalue weighted by Gasteiger charge is 2.28. The van der Waals surface area contributed by atoms with E-state index in [2.05, 4.69) is 15.4 Å². The normalized spacial score (nSPS) is 20.4. The van der Waals surface area contributed by atoms with Gasteiger partial charge < -0.3 is 9.64 Å². The van der Waals surface area contributed by atoms with E-state index in [1.807, 2.05) is 28.9 Å². The van der Waals surface area contributed by atoms with Gasteiger partial charge in [-0.05, 0) is 37.7 Å². The molecule has 1 saturated heterocycles. The molecule has 1 unspecified atom stereocenters. The molecular weight excluding hydrogens is 320 g/mol. The summed E-state index contributed by atoms with van der Waals surface area (Å²) in [7, 11) is 0. The van der Waals surface area contributed by atoms with Crippen molar-refractivity contribution in [2.45, 2.75) is 45.4 Å². The maximum Gasteiger partial charge on any atom is 0.244 e. The Morgan fingerprint density at radius 2 is 2.20 bits per heavy atom. The van der Waals surface area contributed by atoms with Gasteiger partial charge in [-0.25, -0.2) is 4.68 Å². The van der Waals surface area contributed by atoms with Gasteiger partial charge in [-0.3, -0.25) is 9.48 Å². The number of ether oxygens (including phenoxy) is 1. The fourth-order valence-electron chi connectivity index (χ4n) is 3.15. The topological polar surface area (TPSA) is 78.1 Å². The summed E-state index contributed by atoms with van der Waals surface area (Å²) in [5, 5.41) is 12.6. The van der Waals surface area contributed by atoms with Crippen LogP contribution in [-0.4, -0.2) is 55.3 Å². The summed E-state index contributed by atoms with van der Waals surface area (Å²) in [4.78, 5) is 14.3. The number of carbonyl (C=O) groups is 1. The Balaban J connectivity index is 1.28. The Kier molecular flexibility index (Phi) is 4.52. The molecule has 4 rings (SSSR count). The van der Waals surface area contributed by atoms with Gasteiger partial charge in [0, 0.05) is 25.9 Å². The van der Waals surface area contributed by atoms with Gasteiger partial charge in [0.2, 0.25) is 5.91 Å². The second-order valence-electron chi connectivity index (χ2n) is 7.15. The summed E-state index contributed by atoms with van der Waals surface area (Å²) in [6, 6.07) is 0.188. The molecule has 1 aliphatic carbocycles. The lowest BCUT2D eigenvalue weighted by Gasteiger charge is -2.16. The molecule has 8 heteroatoms. The number of aryl methyl sites for hydroxylation is 1. The average Bonchev–Trinajstić information content (AvgIpc) is 3.00. The number of carbonyl (C=O) groups excluding carboxylic acids is 1. The van der Waals surface area contributed by atoms with Crippen LogP contribution >= 0.6 is 0 Å². The molecule has 1 saturated carbocycles. The SMILES string of the molecule is Cc1cnn(CC(=O)N2CCC(n3cc(COCC4CC4)nn3)C2)c1. The highest BCUT2D eigenvalue weighted by molar-refractivity contribution is 5.76. The third kappa shape index (κ3) is 4.07. The first-order chi connectivity index (χ1) is 12.2. The molecule has 1 atom stereocenters.